The van der Waals surface area contributed by atoms with Gasteiger partial charge in [-0.15, -0.1) is 0 Å². The lowest BCUT2D eigenvalue weighted by molar-refractivity contribution is -0.385. The number of nitro benzene ring substituents is 1. The minimum absolute atomic E-state index is 0.0357. The Morgan fingerprint density at radius 2 is 1.86 bits per heavy atom. The number of carbonyl (C=O) groups excluding carboxylic acids is 2. The summed E-state index contributed by atoms with van der Waals surface area (Å²) in [5, 5.41) is 14.2. The number of ether oxygens (including phenoxy) is 2. The first-order valence-corrected chi connectivity index (χ1v) is 9.18. The lowest BCUT2D eigenvalue weighted by Gasteiger charge is -2.34. The van der Waals surface area contributed by atoms with Crippen molar-refractivity contribution in [2.45, 2.75) is 13.8 Å². The van der Waals surface area contributed by atoms with Gasteiger partial charge in [0.25, 0.3) is 11.6 Å². The molecule has 0 spiro atoms. The van der Waals surface area contributed by atoms with E-state index in [0.29, 0.717) is 39.3 Å². The van der Waals surface area contributed by atoms with Gasteiger partial charge in [-0.1, -0.05) is 0 Å². The van der Waals surface area contributed by atoms with Crippen LogP contribution in [0, 0.1) is 10.1 Å². The summed E-state index contributed by atoms with van der Waals surface area (Å²) < 4.78 is 10.6. The number of benzene rings is 1. The van der Waals surface area contributed by atoms with E-state index in [1.54, 1.807) is 11.8 Å². The van der Waals surface area contributed by atoms with Crippen molar-refractivity contribution >= 4 is 17.5 Å². The highest BCUT2D eigenvalue weighted by Gasteiger charge is 2.30. The predicted octanol–water partition coefficient (Wildman–Crippen LogP) is 0.896. The number of carbonyl (C=O) groups is 2. The van der Waals surface area contributed by atoms with Crippen LogP contribution in [0.2, 0.25) is 0 Å². The van der Waals surface area contributed by atoms with Crippen LogP contribution in [0.4, 0.5) is 5.69 Å². The molecule has 1 fully saturated rings. The molecule has 0 unspecified atom stereocenters. The molecule has 0 bridgehead atoms. The second-order valence-electron chi connectivity index (χ2n) is 6.23. The average molecular weight is 394 g/mol. The molecule has 10 nitrogen and oxygen atoms in total. The third kappa shape index (κ3) is 5.10. The van der Waals surface area contributed by atoms with Gasteiger partial charge in [-0.25, -0.2) is 0 Å². The summed E-state index contributed by atoms with van der Waals surface area (Å²) in [6.07, 6.45) is 0. The molecule has 0 radical (unpaired) electrons. The molecule has 0 atom stereocenters. The summed E-state index contributed by atoms with van der Waals surface area (Å²) in [6, 6.07) is 2.58. The molecule has 1 aliphatic rings. The Labute approximate surface area is 163 Å². The summed E-state index contributed by atoms with van der Waals surface area (Å²) in [5.41, 5.74) is -0.360. The van der Waals surface area contributed by atoms with Crippen LogP contribution >= 0.6 is 0 Å². The number of nitro groups is 1. The molecule has 2 amide bonds. The molecule has 1 aromatic carbocycles. The number of methoxy groups -OCH3 is 1. The monoisotopic (exact) mass is 394 g/mol. The van der Waals surface area contributed by atoms with Gasteiger partial charge in [-0.2, -0.15) is 0 Å². The van der Waals surface area contributed by atoms with Crippen molar-refractivity contribution in [1.82, 2.24) is 15.1 Å². The smallest absolute Gasteiger partial charge is 0.286 e. The number of amides is 2. The third-order valence-electron chi connectivity index (χ3n) is 4.41. The van der Waals surface area contributed by atoms with Crippen molar-refractivity contribution < 1.29 is 24.0 Å². The van der Waals surface area contributed by atoms with Crippen LogP contribution < -0.4 is 14.8 Å². The summed E-state index contributed by atoms with van der Waals surface area (Å²) in [7, 11) is 1.39. The maximum Gasteiger partial charge on any atom is 0.286 e. The molecule has 1 heterocycles. The van der Waals surface area contributed by atoms with Crippen molar-refractivity contribution in [1.29, 1.82) is 0 Å². The molecule has 0 aromatic heterocycles. The van der Waals surface area contributed by atoms with E-state index in [1.807, 2.05) is 11.8 Å². The highest BCUT2D eigenvalue weighted by Crippen LogP contribution is 2.35. The Bertz CT molecular complexity index is 731. The lowest BCUT2D eigenvalue weighted by atomic mass is 10.1. The van der Waals surface area contributed by atoms with Gasteiger partial charge in [0.1, 0.15) is 5.56 Å². The Hall–Kier alpha value is -2.88. The molecular formula is C18H26N4O6. The number of likely N-dealkylation sites (N-methyl/N-ethyl adjacent to an activating group) is 1. The number of nitrogens with zero attached hydrogens (tertiary/aromatic N) is 3. The summed E-state index contributed by atoms with van der Waals surface area (Å²) >= 11 is 0. The average Bonchev–Trinajstić information content (AvgIpc) is 2.68. The topological polar surface area (TPSA) is 114 Å². The maximum absolute atomic E-state index is 12.9. The van der Waals surface area contributed by atoms with Gasteiger partial charge in [-0.3, -0.25) is 24.6 Å². The summed E-state index contributed by atoms with van der Waals surface area (Å²) in [6.45, 7) is 6.60. The fraction of sp³-hybridized carbons (Fsp3) is 0.556. The second-order valence-corrected chi connectivity index (χ2v) is 6.23. The van der Waals surface area contributed by atoms with Crippen LogP contribution in [0.15, 0.2) is 12.1 Å². The molecule has 28 heavy (non-hydrogen) atoms. The first-order chi connectivity index (χ1) is 13.4. The van der Waals surface area contributed by atoms with Crippen LogP contribution in [-0.2, 0) is 4.79 Å². The van der Waals surface area contributed by atoms with Crippen LogP contribution in [0.25, 0.3) is 0 Å². The van der Waals surface area contributed by atoms with Crippen molar-refractivity contribution in [3.63, 3.8) is 0 Å². The largest absolute Gasteiger partial charge is 0.493 e. The third-order valence-corrected chi connectivity index (χ3v) is 4.41. The first-order valence-electron chi connectivity index (χ1n) is 9.18. The molecule has 0 saturated carbocycles. The van der Waals surface area contributed by atoms with E-state index in [-0.39, 0.29) is 35.2 Å². The highest BCUT2D eigenvalue weighted by molar-refractivity contribution is 5.99. The number of hydrogen-bond acceptors (Lipinski definition) is 7. The molecule has 154 valence electrons. The Morgan fingerprint density at radius 3 is 2.39 bits per heavy atom. The zero-order valence-electron chi connectivity index (χ0n) is 16.4. The van der Waals surface area contributed by atoms with Gasteiger partial charge in [0.05, 0.1) is 31.3 Å². The van der Waals surface area contributed by atoms with Crippen molar-refractivity contribution in [2.24, 2.45) is 0 Å². The molecule has 1 aromatic rings. The van der Waals surface area contributed by atoms with E-state index in [1.165, 1.54) is 19.2 Å². The van der Waals surface area contributed by atoms with E-state index in [2.05, 4.69) is 5.32 Å². The Morgan fingerprint density at radius 1 is 1.18 bits per heavy atom. The van der Waals surface area contributed by atoms with Crippen molar-refractivity contribution in [3.8, 4) is 11.5 Å². The predicted molar refractivity (Wildman–Crippen MR) is 102 cm³/mol. The number of hydrogen-bond donors (Lipinski definition) is 1. The van der Waals surface area contributed by atoms with Gasteiger partial charge in [0.2, 0.25) is 5.91 Å². The molecular weight excluding hydrogens is 368 g/mol. The zero-order chi connectivity index (χ0) is 20.7. The highest BCUT2D eigenvalue weighted by atomic mass is 16.6. The van der Waals surface area contributed by atoms with Crippen LogP contribution in [0.1, 0.15) is 24.2 Å². The zero-order valence-corrected chi connectivity index (χ0v) is 16.4. The molecule has 0 aliphatic carbocycles. The normalized spacial score (nSPS) is 14.5. The number of nitrogens with one attached hydrogen (secondary N) is 1. The minimum Gasteiger partial charge on any atom is -0.493 e. The van der Waals surface area contributed by atoms with E-state index in [9.17, 15) is 19.7 Å². The van der Waals surface area contributed by atoms with Crippen LogP contribution in [0.3, 0.4) is 0 Å². The van der Waals surface area contributed by atoms with Gasteiger partial charge in [0, 0.05) is 38.8 Å². The maximum atomic E-state index is 12.9. The molecule has 1 saturated heterocycles. The lowest BCUT2D eigenvalue weighted by Crippen LogP contribution is -2.51. The second kappa shape index (κ2) is 9.88. The van der Waals surface area contributed by atoms with Gasteiger partial charge in [-0.05, 0) is 13.8 Å². The van der Waals surface area contributed by atoms with Crippen LogP contribution in [-0.4, -0.2) is 79.5 Å². The summed E-state index contributed by atoms with van der Waals surface area (Å²) in [4.78, 5) is 39.0. The SMILES string of the molecule is CCNC(=O)CN1CCN(C(=O)c2cc(OCC)c(OC)cc2[N+](=O)[O-])CC1. The number of piperazine rings is 1. The minimum atomic E-state index is -0.600. The van der Waals surface area contributed by atoms with E-state index >= 15 is 0 Å². The molecule has 1 N–H and O–H groups in total. The van der Waals surface area contributed by atoms with Gasteiger partial charge >= 0.3 is 0 Å². The van der Waals surface area contributed by atoms with Crippen molar-refractivity contribution in [2.75, 3.05) is 53.0 Å². The Balaban J connectivity index is 2.16. The van der Waals surface area contributed by atoms with Crippen molar-refractivity contribution in [3.05, 3.63) is 27.8 Å². The van der Waals surface area contributed by atoms with Gasteiger partial charge in [0.15, 0.2) is 11.5 Å². The van der Waals surface area contributed by atoms with E-state index in [0.717, 1.165) is 0 Å². The standard InChI is InChI=1S/C18H26N4O6/c1-4-19-17(23)12-20-6-8-21(9-7-20)18(24)13-10-16(28-5-2)15(27-3)11-14(13)22(25)26/h10-11H,4-9,12H2,1-3H3,(H,19,23). The first kappa shape index (κ1) is 21.4. The fourth-order valence-electron chi connectivity index (χ4n) is 3.03. The summed E-state index contributed by atoms with van der Waals surface area (Å²) in [5.74, 6) is -0.00642. The Kier molecular flexibility index (Phi) is 7.56. The quantitative estimate of drug-likeness (QED) is 0.514. The molecule has 10 heteroatoms. The van der Waals surface area contributed by atoms with E-state index < -0.39 is 10.8 Å². The van der Waals surface area contributed by atoms with E-state index in [4.69, 9.17) is 9.47 Å². The number of rotatable bonds is 8. The fourth-order valence-corrected chi connectivity index (χ4v) is 3.03. The molecule has 2 rings (SSSR count). The van der Waals surface area contributed by atoms with Crippen LogP contribution in [0.5, 0.6) is 11.5 Å². The van der Waals surface area contributed by atoms with Gasteiger partial charge < -0.3 is 19.7 Å². The molecule has 1 aliphatic heterocycles.